The van der Waals surface area contributed by atoms with E-state index in [1.807, 2.05) is 13.2 Å². The van der Waals surface area contributed by atoms with Gasteiger partial charge in [-0.1, -0.05) is 19.3 Å². The third-order valence-electron chi connectivity index (χ3n) is 4.29. The van der Waals surface area contributed by atoms with E-state index in [2.05, 4.69) is 35.0 Å². The number of hydrogen-bond acceptors (Lipinski definition) is 3. The fourth-order valence-corrected chi connectivity index (χ4v) is 3.49. The van der Waals surface area contributed by atoms with E-state index in [-0.39, 0.29) is 11.6 Å². The van der Waals surface area contributed by atoms with Gasteiger partial charge in [0.15, 0.2) is 0 Å². The molecule has 0 radical (unpaired) electrons. The second kappa shape index (κ2) is 6.53. The lowest BCUT2D eigenvalue weighted by Gasteiger charge is -2.43. The molecule has 1 N–H and O–H groups in total. The first-order chi connectivity index (χ1) is 9.27. The number of nitrogens with zero attached hydrogens (tertiary/aromatic N) is 2. The molecule has 108 valence electrons. The van der Waals surface area contributed by atoms with Crippen molar-refractivity contribution < 1.29 is 4.74 Å². The fourth-order valence-electron chi connectivity index (χ4n) is 3.49. The zero-order valence-corrected chi connectivity index (χ0v) is 12.5. The zero-order valence-electron chi connectivity index (χ0n) is 12.5. The van der Waals surface area contributed by atoms with Crippen LogP contribution in [0.15, 0.2) is 12.3 Å². The van der Waals surface area contributed by atoms with Crippen molar-refractivity contribution in [1.29, 1.82) is 0 Å². The Hall–Kier alpha value is -0.870. The highest BCUT2D eigenvalue weighted by atomic mass is 16.5. The number of nitrogens with one attached hydrogen (secondary N) is 1. The van der Waals surface area contributed by atoms with Crippen LogP contribution in [0.4, 0.5) is 0 Å². The average Bonchev–Trinajstić information content (AvgIpc) is 2.89. The molecule has 1 heterocycles. The number of likely N-dealkylation sites (N-methyl/N-ethyl adjacent to an activating group) is 1. The first-order valence-corrected chi connectivity index (χ1v) is 7.60. The Balaban J connectivity index is 2.31. The highest BCUT2D eigenvalue weighted by Crippen LogP contribution is 2.41. The average molecular weight is 265 g/mol. The van der Waals surface area contributed by atoms with Gasteiger partial charge in [-0.15, -0.1) is 0 Å². The van der Waals surface area contributed by atoms with Gasteiger partial charge in [0.1, 0.15) is 0 Å². The third-order valence-corrected chi connectivity index (χ3v) is 4.29. The minimum absolute atomic E-state index is 0.0608. The van der Waals surface area contributed by atoms with Gasteiger partial charge in [0.05, 0.1) is 17.3 Å². The van der Waals surface area contributed by atoms with Crippen LogP contribution in [0.1, 0.15) is 57.7 Å². The van der Waals surface area contributed by atoms with Crippen LogP contribution < -0.4 is 5.32 Å². The molecule has 2 rings (SSSR count). The van der Waals surface area contributed by atoms with Crippen LogP contribution in [0.3, 0.4) is 0 Å². The molecule has 0 saturated heterocycles. The lowest BCUT2D eigenvalue weighted by molar-refractivity contribution is -0.0914. The van der Waals surface area contributed by atoms with E-state index in [0.717, 1.165) is 26.0 Å². The number of aryl methyl sites for hydroxylation is 1. The van der Waals surface area contributed by atoms with Crippen molar-refractivity contribution in [2.75, 3.05) is 13.7 Å². The summed E-state index contributed by atoms with van der Waals surface area (Å²) in [6.07, 6.45) is 8.03. The van der Waals surface area contributed by atoms with E-state index in [0.29, 0.717) is 0 Å². The SMILES string of the molecule is CCOC1(C(NC)c2ccnn2CC)CCCCC1. The molecule has 0 bridgehead atoms. The molecule has 1 saturated carbocycles. The molecule has 0 amide bonds. The Morgan fingerprint density at radius 1 is 1.37 bits per heavy atom. The largest absolute Gasteiger partial charge is 0.373 e. The number of aromatic nitrogens is 2. The van der Waals surface area contributed by atoms with Gasteiger partial charge in [0, 0.05) is 19.3 Å². The minimum atomic E-state index is -0.0608. The third kappa shape index (κ3) is 2.84. The quantitative estimate of drug-likeness (QED) is 0.859. The van der Waals surface area contributed by atoms with Crippen molar-refractivity contribution in [3.05, 3.63) is 18.0 Å². The van der Waals surface area contributed by atoms with E-state index in [9.17, 15) is 0 Å². The Kier molecular flexibility index (Phi) is 4.99. The lowest BCUT2D eigenvalue weighted by atomic mass is 9.78. The molecule has 4 nitrogen and oxygen atoms in total. The van der Waals surface area contributed by atoms with Crippen LogP contribution in [0.5, 0.6) is 0 Å². The number of hydrogen-bond donors (Lipinski definition) is 1. The second-order valence-corrected chi connectivity index (χ2v) is 5.35. The van der Waals surface area contributed by atoms with Crippen molar-refractivity contribution in [3.8, 4) is 0 Å². The number of rotatable bonds is 6. The van der Waals surface area contributed by atoms with Crippen LogP contribution in [-0.4, -0.2) is 29.0 Å². The normalized spacial score (nSPS) is 20.4. The van der Waals surface area contributed by atoms with Crippen molar-refractivity contribution in [3.63, 3.8) is 0 Å². The summed E-state index contributed by atoms with van der Waals surface area (Å²) in [5, 5.41) is 7.90. The van der Waals surface area contributed by atoms with E-state index < -0.39 is 0 Å². The summed E-state index contributed by atoms with van der Waals surface area (Å²) in [6, 6.07) is 2.36. The second-order valence-electron chi connectivity index (χ2n) is 5.35. The predicted molar refractivity (Wildman–Crippen MR) is 77.1 cm³/mol. The molecule has 1 aromatic rings. The summed E-state index contributed by atoms with van der Waals surface area (Å²) >= 11 is 0. The van der Waals surface area contributed by atoms with Gasteiger partial charge in [-0.2, -0.15) is 5.10 Å². The molecular formula is C15H27N3O. The van der Waals surface area contributed by atoms with Crippen molar-refractivity contribution in [1.82, 2.24) is 15.1 Å². The van der Waals surface area contributed by atoms with E-state index in [4.69, 9.17) is 4.74 Å². The molecule has 0 aliphatic heterocycles. The monoisotopic (exact) mass is 265 g/mol. The maximum atomic E-state index is 6.24. The van der Waals surface area contributed by atoms with Gasteiger partial charge in [-0.3, -0.25) is 4.68 Å². The maximum absolute atomic E-state index is 6.24. The molecule has 1 aliphatic rings. The molecule has 19 heavy (non-hydrogen) atoms. The van der Waals surface area contributed by atoms with Crippen molar-refractivity contribution in [2.45, 2.75) is 64.1 Å². The highest BCUT2D eigenvalue weighted by molar-refractivity contribution is 5.14. The fraction of sp³-hybridized carbons (Fsp3) is 0.800. The first kappa shape index (κ1) is 14.5. The molecular weight excluding hydrogens is 238 g/mol. The minimum Gasteiger partial charge on any atom is -0.373 e. The summed E-state index contributed by atoms with van der Waals surface area (Å²) in [6.45, 7) is 5.92. The molecule has 0 spiro atoms. The Bertz CT molecular complexity index is 377. The van der Waals surface area contributed by atoms with Crippen molar-refractivity contribution >= 4 is 0 Å². The molecule has 1 aromatic heterocycles. The Morgan fingerprint density at radius 3 is 2.68 bits per heavy atom. The van der Waals surface area contributed by atoms with Gasteiger partial charge in [-0.25, -0.2) is 0 Å². The smallest absolute Gasteiger partial charge is 0.0891 e. The van der Waals surface area contributed by atoms with Crippen LogP contribution in [-0.2, 0) is 11.3 Å². The molecule has 4 heteroatoms. The summed E-state index contributed by atoms with van der Waals surface area (Å²) < 4.78 is 8.32. The van der Waals surface area contributed by atoms with Crippen LogP contribution >= 0.6 is 0 Å². The number of ether oxygens (including phenoxy) is 1. The van der Waals surface area contributed by atoms with Gasteiger partial charge in [-0.05, 0) is 39.8 Å². The first-order valence-electron chi connectivity index (χ1n) is 7.60. The van der Waals surface area contributed by atoms with Crippen LogP contribution in [0, 0.1) is 0 Å². The Labute approximate surface area is 116 Å². The Morgan fingerprint density at radius 2 is 2.11 bits per heavy atom. The van der Waals surface area contributed by atoms with Gasteiger partial charge >= 0.3 is 0 Å². The zero-order chi connectivity index (χ0) is 13.7. The molecule has 1 aliphatic carbocycles. The molecule has 0 aromatic carbocycles. The highest BCUT2D eigenvalue weighted by Gasteiger charge is 2.42. The summed E-state index contributed by atoms with van der Waals surface area (Å²) in [5.41, 5.74) is 1.19. The van der Waals surface area contributed by atoms with E-state index in [1.165, 1.54) is 25.0 Å². The van der Waals surface area contributed by atoms with Gasteiger partial charge in [0.25, 0.3) is 0 Å². The predicted octanol–water partition coefficient (Wildman–Crippen LogP) is 2.90. The van der Waals surface area contributed by atoms with Crippen LogP contribution in [0.2, 0.25) is 0 Å². The molecule has 1 unspecified atom stereocenters. The summed E-state index contributed by atoms with van der Waals surface area (Å²) in [7, 11) is 2.03. The van der Waals surface area contributed by atoms with E-state index in [1.54, 1.807) is 0 Å². The van der Waals surface area contributed by atoms with Gasteiger partial charge < -0.3 is 10.1 Å². The van der Waals surface area contributed by atoms with Gasteiger partial charge in [0.2, 0.25) is 0 Å². The standard InChI is InChI=1S/C15H27N3O/c1-4-18-13(9-12-17-18)14(16-3)15(19-5-2)10-7-6-8-11-15/h9,12,14,16H,4-8,10-11H2,1-3H3. The van der Waals surface area contributed by atoms with E-state index >= 15 is 0 Å². The molecule has 1 fully saturated rings. The topological polar surface area (TPSA) is 39.1 Å². The maximum Gasteiger partial charge on any atom is 0.0891 e. The molecule has 1 atom stereocenters. The van der Waals surface area contributed by atoms with Crippen molar-refractivity contribution in [2.24, 2.45) is 0 Å². The lowest BCUT2D eigenvalue weighted by Crippen LogP contribution is -2.47. The summed E-state index contributed by atoms with van der Waals surface area (Å²) in [4.78, 5) is 0. The van der Waals surface area contributed by atoms with Crippen LogP contribution in [0.25, 0.3) is 0 Å². The summed E-state index contributed by atoms with van der Waals surface area (Å²) in [5.74, 6) is 0.